The van der Waals surface area contributed by atoms with E-state index in [2.05, 4.69) is 0 Å². The van der Waals surface area contributed by atoms with Crippen LogP contribution >= 0.6 is 0 Å². The van der Waals surface area contributed by atoms with Gasteiger partial charge in [0, 0.05) is 12.5 Å². The molecule has 0 aromatic rings. The lowest BCUT2D eigenvalue weighted by atomic mass is 9.94. The van der Waals surface area contributed by atoms with Gasteiger partial charge in [-0.05, 0) is 0 Å². The molecule has 3 nitrogen and oxygen atoms in total. The van der Waals surface area contributed by atoms with Crippen LogP contribution in [0.5, 0.6) is 0 Å². The summed E-state index contributed by atoms with van der Waals surface area (Å²) in [4.78, 5) is 11.4. The Morgan fingerprint density at radius 1 is 1.50 bits per heavy atom. The third kappa shape index (κ3) is 2.35. The quantitative estimate of drug-likeness (QED) is 0.452. The molecule has 0 fully saturated rings. The van der Waals surface area contributed by atoms with Crippen molar-refractivity contribution in [3.05, 3.63) is 0 Å². The molecule has 0 aliphatic carbocycles. The van der Waals surface area contributed by atoms with Crippen molar-refractivity contribution in [2.24, 2.45) is 5.41 Å². The molecule has 10 heavy (non-hydrogen) atoms. The molecule has 0 saturated carbocycles. The molecule has 0 spiro atoms. The van der Waals surface area contributed by atoms with Crippen molar-refractivity contribution >= 4 is 6.41 Å². The molecule has 0 bridgehead atoms. The summed E-state index contributed by atoms with van der Waals surface area (Å²) in [6, 6.07) is 0. The second-order valence-electron chi connectivity index (χ2n) is 3.51. The van der Waals surface area contributed by atoms with Gasteiger partial charge < -0.3 is 10.0 Å². The van der Waals surface area contributed by atoms with Crippen LogP contribution in [0.1, 0.15) is 20.8 Å². The van der Waals surface area contributed by atoms with Gasteiger partial charge in [-0.15, -0.1) is 0 Å². The topological polar surface area (TPSA) is 40.5 Å². The molecule has 0 saturated heterocycles. The summed E-state index contributed by atoms with van der Waals surface area (Å²) < 4.78 is 0. The van der Waals surface area contributed by atoms with Crippen LogP contribution in [0.3, 0.4) is 0 Å². The smallest absolute Gasteiger partial charge is 0.211 e. The van der Waals surface area contributed by atoms with Gasteiger partial charge in [0.05, 0.1) is 0 Å². The Hall–Kier alpha value is -0.570. The number of carbonyl (C=O) groups is 1. The molecule has 1 unspecified atom stereocenters. The zero-order valence-electron chi connectivity index (χ0n) is 6.96. The number of aliphatic hydroxyl groups is 1. The summed E-state index contributed by atoms with van der Waals surface area (Å²) in [6.45, 7) is 5.62. The fourth-order valence-corrected chi connectivity index (χ4v) is 0.669. The van der Waals surface area contributed by atoms with E-state index in [1.165, 1.54) is 4.90 Å². The van der Waals surface area contributed by atoms with E-state index in [1.807, 2.05) is 20.8 Å². The number of hydrogen-bond acceptors (Lipinski definition) is 2. The molecular weight excluding hydrogens is 130 g/mol. The summed E-state index contributed by atoms with van der Waals surface area (Å²) in [6.07, 6.45) is -0.0828. The first-order valence-corrected chi connectivity index (χ1v) is 3.25. The molecular formula is C7H15NO2. The van der Waals surface area contributed by atoms with Crippen molar-refractivity contribution in [3.8, 4) is 0 Å². The SMILES string of the molecule is CN(C=O)C(O)C(C)(C)C. The molecule has 1 atom stereocenters. The first kappa shape index (κ1) is 9.43. The molecule has 0 aromatic carbocycles. The molecule has 1 N–H and O–H groups in total. The van der Waals surface area contributed by atoms with Crippen LogP contribution in [0.2, 0.25) is 0 Å². The van der Waals surface area contributed by atoms with Crippen molar-refractivity contribution in [3.63, 3.8) is 0 Å². The van der Waals surface area contributed by atoms with Gasteiger partial charge in [-0.2, -0.15) is 0 Å². The largest absolute Gasteiger partial charge is 0.373 e. The van der Waals surface area contributed by atoms with Crippen LogP contribution in [0.15, 0.2) is 0 Å². The fraction of sp³-hybridized carbons (Fsp3) is 0.857. The Kier molecular flexibility index (Phi) is 2.84. The lowest BCUT2D eigenvalue weighted by molar-refractivity contribution is -0.132. The number of hydrogen-bond donors (Lipinski definition) is 1. The average molecular weight is 145 g/mol. The van der Waals surface area contributed by atoms with Crippen molar-refractivity contribution in [1.29, 1.82) is 0 Å². The summed E-state index contributed by atoms with van der Waals surface area (Å²) in [5.41, 5.74) is -0.268. The van der Waals surface area contributed by atoms with Gasteiger partial charge in [0.15, 0.2) is 0 Å². The Bertz CT molecular complexity index is 117. The van der Waals surface area contributed by atoms with E-state index in [1.54, 1.807) is 7.05 Å². The van der Waals surface area contributed by atoms with E-state index in [4.69, 9.17) is 0 Å². The van der Waals surface area contributed by atoms with E-state index in [0.29, 0.717) is 6.41 Å². The minimum Gasteiger partial charge on any atom is -0.373 e. The Balaban J connectivity index is 4.07. The van der Waals surface area contributed by atoms with E-state index in [0.717, 1.165) is 0 Å². The van der Waals surface area contributed by atoms with Gasteiger partial charge in [-0.3, -0.25) is 4.79 Å². The highest BCUT2D eigenvalue weighted by Gasteiger charge is 2.24. The number of rotatable bonds is 2. The van der Waals surface area contributed by atoms with Crippen LogP contribution in [-0.2, 0) is 4.79 Å². The molecule has 0 aliphatic rings. The maximum Gasteiger partial charge on any atom is 0.211 e. The second-order valence-corrected chi connectivity index (χ2v) is 3.51. The van der Waals surface area contributed by atoms with E-state index < -0.39 is 6.23 Å². The minimum atomic E-state index is -0.704. The van der Waals surface area contributed by atoms with Gasteiger partial charge in [-0.25, -0.2) is 0 Å². The predicted molar refractivity (Wildman–Crippen MR) is 39.3 cm³/mol. The zero-order valence-corrected chi connectivity index (χ0v) is 6.96. The molecule has 0 aliphatic heterocycles. The Morgan fingerprint density at radius 3 is 2.00 bits per heavy atom. The summed E-state index contributed by atoms with van der Waals surface area (Å²) in [7, 11) is 1.56. The van der Waals surface area contributed by atoms with Crippen molar-refractivity contribution in [2.45, 2.75) is 27.0 Å². The maximum absolute atomic E-state index is 10.2. The molecule has 0 heterocycles. The lowest BCUT2D eigenvalue weighted by Gasteiger charge is -2.30. The first-order valence-electron chi connectivity index (χ1n) is 3.25. The summed E-state index contributed by atoms with van der Waals surface area (Å²) in [5, 5.41) is 9.35. The van der Waals surface area contributed by atoms with Crippen LogP contribution in [-0.4, -0.2) is 29.7 Å². The average Bonchev–Trinajstić information content (AvgIpc) is 1.83. The molecule has 0 aromatic heterocycles. The predicted octanol–water partition coefficient (Wildman–Crippen LogP) is 0.439. The monoisotopic (exact) mass is 145 g/mol. The molecule has 0 radical (unpaired) electrons. The Labute approximate surface area is 61.6 Å². The van der Waals surface area contributed by atoms with Gasteiger partial charge in [0.25, 0.3) is 0 Å². The second kappa shape index (κ2) is 3.01. The minimum absolute atomic E-state index is 0.268. The van der Waals surface area contributed by atoms with E-state index >= 15 is 0 Å². The van der Waals surface area contributed by atoms with Crippen LogP contribution in [0.4, 0.5) is 0 Å². The molecule has 1 amide bonds. The number of nitrogens with zero attached hydrogens (tertiary/aromatic N) is 1. The molecule has 3 heteroatoms. The van der Waals surface area contributed by atoms with Gasteiger partial charge in [-0.1, -0.05) is 20.8 Å². The number of amides is 1. The standard InChI is InChI=1S/C7H15NO2/c1-7(2,3)6(10)8(4)5-9/h5-6,10H,1-4H3. The van der Waals surface area contributed by atoms with Crippen LogP contribution < -0.4 is 0 Å². The van der Waals surface area contributed by atoms with Crippen LogP contribution in [0.25, 0.3) is 0 Å². The Morgan fingerprint density at radius 2 is 1.90 bits per heavy atom. The number of aliphatic hydroxyl groups excluding tert-OH is 1. The molecule has 60 valence electrons. The third-order valence-corrected chi connectivity index (χ3v) is 1.33. The van der Waals surface area contributed by atoms with Crippen molar-refractivity contribution in [2.75, 3.05) is 7.05 Å². The highest BCUT2D eigenvalue weighted by atomic mass is 16.3. The summed E-state index contributed by atoms with van der Waals surface area (Å²) in [5.74, 6) is 0. The highest BCUT2D eigenvalue weighted by molar-refractivity contribution is 5.46. The van der Waals surface area contributed by atoms with Crippen molar-refractivity contribution in [1.82, 2.24) is 4.90 Å². The van der Waals surface area contributed by atoms with Gasteiger partial charge in [0.2, 0.25) is 6.41 Å². The van der Waals surface area contributed by atoms with Gasteiger partial charge >= 0.3 is 0 Å². The van der Waals surface area contributed by atoms with E-state index in [9.17, 15) is 9.90 Å². The summed E-state index contributed by atoms with van der Waals surface area (Å²) >= 11 is 0. The lowest BCUT2D eigenvalue weighted by Crippen LogP contribution is -2.40. The fourth-order valence-electron chi connectivity index (χ4n) is 0.669. The van der Waals surface area contributed by atoms with Crippen molar-refractivity contribution < 1.29 is 9.90 Å². The first-order chi connectivity index (χ1) is 4.39. The number of carbonyl (C=O) groups excluding carboxylic acids is 1. The van der Waals surface area contributed by atoms with E-state index in [-0.39, 0.29) is 5.41 Å². The zero-order chi connectivity index (χ0) is 8.36. The molecule has 0 rings (SSSR count). The third-order valence-electron chi connectivity index (χ3n) is 1.33. The normalized spacial score (nSPS) is 14.5. The maximum atomic E-state index is 10.2. The van der Waals surface area contributed by atoms with Crippen LogP contribution in [0, 0.1) is 5.41 Å². The van der Waals surface area contributed by atoms with Gasteiger partial charge in [0.1, 0.15) is 6.23 Å². The highest BCUT2D eigenvalue weighted by Crippen LogP contribution is 2.19.